The molecule has 3 rings (SSSR count). The summed E-state index contributed by atoms with van der Waals surface area (Å²) in [6, 6.07) is 5.22. The van der Waals surface area contributed by atoms with E-state index in [1.165, 1.54) is 0 Å². The van der Waals surface area contributed by atoms with Gasteiger partial charge in [-0.3, -0.25) is 9.59 Å². The molecule has 1 atom stereocenters. The number of nitrogens with zero attached hydrogens (tertiary/aromatic N) is 2. The Balaban J connectivity index is 0.00000243. The van der Waals surface area contributed by atoms with Crippen molar-refractivity contribution in [1.29, 1.82) is 0 Å². The first-order valence-electron chi connectivity index (χ1n) is 8.64. The molecule has 2 saturated heterocycles. The van der Waals surface area contributed by atoms with Crippen LogP contribution < -0.4 is 10.1 Å². The van der Waals surface area contributed by atoms with Crippen molar-refractivity contribution in [3.05, 3.63) is 29.3 Å². The van der Waals surface area contributed by atoms with Crippen molar-refractivity contribution >= 4 is 24.2 Å². The van der Waals surface area contributed by atoms with Gasteiger partial charge in [0.15, 0.2) is 0 Å². The van der Waals surface area contributed by atoms with Crippen LogP contribution in [-0.4, -0.2) is 80.7 Å². The van der Waals surface area contributed by atoms with Gasteiger partial charge in [-0.05, 0) is 24.6 Å². The fourth-order valence-electron chi connectivity index (χ4n) is 3.21. The molecule has 26 heavy (non-hydrogen) atoms. The van der Waals surface area contributed by atoms with E-state index in [1.54, 1.807) is 18.1 Å². The second-order valence-corrected chi connectivity index (χ2v) is 6.38. The first-order chi connectivity index (χ1) is 12.1. The number of carbonyl (C=O) groups is 2. The third-order valence-electron chi connectivity index (χ3n) is 4.75. The van der Waals surface area contributed by atoms with E-state index in [9.17, 15) is 9.59 Å². The van der Waals surface area contributed by atoms with Crippen molar-refractivity contribution in [2.75, 3.05) is 53.0 Å². The summed E-state index contributed by atoms with van der Waals surface area (Å²) in [7, 11) is 1.60. The number of amides is 2. The van der Waals surface area contributed by atoms with Gasteiger partial charge in [0.05, 0.1) is 20.3 Å². The average molecular weight is 384 g/mol. The molecule has 2 aliphatic heterocycles. The number of piperazine rings is 1. The highest BCUT2D eigenvalue weighted by atomic mass is 35.5. The molecule has 1 aromatic rings. The van der Waals surface area contributed by atoms with E-state index in [1.807, 2.05) is 24.0 Å². The van der Waals surface area contributed by atoms with Crippen molar-refractivity contribution in [2.24, 2.45) is 0 Å². The van der Waals surface area contributed by atoms with Crippen molar-refractivity contribution in [3.8, 4) is 5.75 Å². The van der Waals surface area contributed by atoms with Gasteiger partial charge in [0.2, 0.25) is 5.91 Å². The van der Waals surface area contributed by atoms with Gasteiger partial charge in [-0.25, -0.2) is 0 Å². The number of halogens is 1. The highest BCUT2D eigenvalue weighted by Crippen LogP contribution is 2.20. The Morgan fingerprint density at radius 3 is 2.50 bits per heavy atom. The number of methoxy groups -OCH3 is 1. The van der Waals surface area contributed by atoms with Gasteiger partial charge in [0.1, 0.15) is 11.8 Å². The van der Waals surface area contributed by atoms with Gasteiger partial charge >= 0.3 is 0 Å². The van der Waals surface area contributed by atoms with Crippen LogP contribution in [0.5, 0.6) is 5.75 Å². The molecule has 2 fully saturated rings. The summed E-state index contributed by atoms with van der Waals surface area (Å²) >= 11 is 0. The predicted octanol–water partition coefficient (Wildman–Crippen LogP) is 0.698. The lowest BCUT2D eigenvalue weighted by atomic mass is 10.1. The maximum atomic E-state index is 12.7. The fourth-order valence-corrected chi connectivity index (χ4v) is 3.21. The number of hydrogen-bond acceptors (Lipinski definition) is 5. The molecule has 1 unspecified atom stereocenters. The third-order valence-corrected chi connectivity index (χ3v) is 4.75. The summed E-state index contributed by atoms with van der Waals surface area (Å²) in [4.78, 5) is 28.8. The van der Waals surface area contributed by atoms with Gasteiger partial charge in [-0.2, -0.15) is 0 Å². The molecule has 7 nitrogen and oxygen atoms in total. The monoisotopic (exact) mass is 383 g/mol. The van der Waals surface area contributed by atoms with E-state index in [0.29, 0.717) is 57.3 Å². The zero-order valence-electron chi connectivity index (χ0n) is 15.2. The smallest absolute Gasteiger partial charge is 0.254 e. The van der Waals surface area contributed by atoms with Crippen molar-refractivity contribution < 1.29 is 19.1 Å². The maximum Gasteiger partial charge on any atom is 0.254 e. The zero-order valence-corrected chi connectivity index (χ0v) is 16.0. The topological polar surface area (TPSA) is 71.1 Å². The van der Waals surface area contributed by atoms with Crippen LogP contribution in [0.1, 0.15) is 15.9 Å². The van der Waals surface area contributed by atoms with Crippen LogP contribution in [0.3, 0.4) is 0 Å². The molecule has 0 radical (unpaired) electrons. The molecule has 0 saturated carbocycles. The van der Waals surface area contributed by atoms with Gasteiger partial charge in [0.25, 0.3) is 5.91 Å². The van der Waals surface area contributed by atoms with Gasteiger partial charge in [-0.15, -0.1) is 12.4 Å². The van der Waals surface area contributed by atoms with E-state index in [0.717, 1.165) is 5.56 Å². The third kappa shape index (κ3) is 4.47. The Morgan fingerprint density at radius 1 is 1.19 bits per heavy atom. The molecule has 2 aliphatic rings. The van der Waals surface area contributed by atoms with Gasteiger partial charge in [-0.1, -0.05) is 6.07 Å². The molecule has 2 amide bonds. The standard InChI is InChI=1S/C18H25N3O4.ClH/c1-13-3-4-14(11-16(13)24-2)17(22)20-6-8-21(9-7-20)18(23)15-12-25-10-5-19-15;/h3-4,11,15,19H,5-10,12H2,1-2H3;1H. The largest absolute Gasteiger partial charge is 0.496 e. The summed E-state index contributed by atoms with van der Waals surface area (Å²) in [5.41, 5.74) is 1.61. The molecule has 144 valence electrons. The lowest BCUT2D eigenvalue weighted by molar-refractivity contribution is -0.137. The number of rotatable bonds is 3. The number of aryl methyl sites for hydroxylation is 1. The second kappa shape index (κ2) is 9.21. The van der Waals surface area contributed by atoms with E-state index in [4.69, 9.17) is 9.47 Å². The molecule has 8 heteroatoms. The Labute approximate surface area is 160 Å². The van der Waals surface area contributed by atoms with Crippen LogP contribution in [0, 0.1) is 6.92 Å². The number of ether oxygens (including phenoxy) is 2. The summed E-state index contributed by atoms with van der Waals surface area (Å²) in [6.45, 7) is 5.87. The lowest BCUT2D eigenvalue weighted by Gasteiger charge is -2.37. The summed E-state index contributed by atoms with van der Waals surface area (Å²) in [5, 5.41) is 3.18. The molecular weight excluding hydrogens is 358 g/mol. The van der Waals surface area contributed by atoms with Crippen LogP contribution in [0.4, 0.5) is 0 Å². The van der Waals surface area contributed by atoms with E-state index in [-0.39, 0.29) is 30.3 Å². The second-order valence-electron chi connectivity index (χ2n) is 6.38. The predicted molar refractivity (Wildman–Crippen MR) is 100 cm³/mol. The highest BCUT2D eigenvalue weighted by Gasteiger charge is 2.30. The Hall–Kier alpha value is -1.83. The van der Waals surface area contributed by atoms with E-state index < -0.39 is 0 Å². The van der Waals surface area contributed by atoms with Crippen molar-refractivity contribution in [3.63, 3.8) is 0 Å². The summed E-state index contributed by atoms with van der Waals surface area (Å²) in [6.07, 6.45) is 0. The molecule has 0 aliphatic carbocycles. The number of nitrogens with one attached hydrogen (secondary N) is 1. The first kappa shape index (κ1) is 20.5. The molecule has 1 aromatic carbocycles. The minimum absolute atomic E-state index is 0. The number of carbonyl (C=O) groups excluding carboxylic acids is 2. The molecule has 0 aromatic heterocycles. The van der Waals surface area contributed by atoms with Crippen LogP contribution in [-0.2, 0) is 9.53 Å². The van der Waals surface area contributed by atoms with Crippen LogP contribution in [0.25, 0.3) is 0 Å². The van der Waals surface area contributed by atoms with Gasteiger partial charge in [0, 0.05) is 38.3 Å². The molecule has 0 bridgehead atoms. The first-order valence-corrected chi connectivity index (χ1v) is 8.64. The van der Waals surface area contributed by atoms with Crippen LogP contribution in [0.15, 0.2) is 18.2 Å². The molecule has 0 spiro atoms. The number of morpholine rings is 1. The van der Waals surface area contributed by atoms with Gasteiger partial charge < -0.3 is 24.6 Å². The Kier molecular flexibility index (Phi) is 7.25. The Bertz CT molecular complexity index is 641. The van der Waals surface area contributed by atoms with E-state index in [2.05, 4.69) is 5.32 Å². The van der Waals surface area contributed by atoms with Crippen molar-refractivity contribution in [2.45, 2.75) is 13.0 Å². The quantitative estimate of drug-likeness (QED) is 0.832. The highest BCUT2D eigenvalue weighted by molar-refractivity contribution is 5.95. The summed E-state index contributed by atoms with van der Waals surface area (Å²) in [5.74, 6) is 0.747. The van der Waals surface area contributed by atoms with Crippen LogP contribution >= 0.6 is 12.4 Å². The SMILES string of the molecule is COc1cc(C(=O)N2CCN(C(=O)C3COCCN3)CC2)ccc1C.Cl. The average Bonchev–Trinajstić information content (AvgIpc) is 2.68. The zero-order chi connectivity index (χ0) is 17.8. The maximum absolute atomic E-state index is 12.7. The van der Waals surface area contributed by atoms with E-state index >= 15 is 0 Å². The number of hydrogen-bond donors (Lipinski definition) is 1. The molecule has 1 N–H and O–H groups in total. The summed E-state index contributed by atoms with van der Waals surface area (Å²) < 4.78 is 10.7. The molecular formula is C18H26ClN3O4. The van der Waals surface area contributed by atoms with Crippen molar-refractivity contribution in [1.82, 2.24) is 15.1 Å². The Morgan fingerprint density at radius 2 is 1.88 bits per heavy atom. The molecule has 2 heterocycles. The minimum atomic E-state index is -0.266. The fraction of sp³-hybridized carbons (Fsp3) is 0.556. The van der Waals surface area contributed by atoms with Crippen LogP contribution in [0.2, 0.25) is 0 Å². The lowest BCUT2D eigenvalue weighted by Crippen LogP contribution is -2.57. The normalized spacial score (nSPS) is 20.3. The number of benzene rings is 1. The minimum Gasteiger partial charge on any atom is -0.496 e.